The number of rotatable bonds is 9. The van der Waals surface area contributed by atoms with Crippen molar-refractivity contribution in [3.05, 3.63) is 57.5 Å². The number of hydrogen-bond acceptors (Lipinski definition) is 7. The molecule has 35 heavy (non-hydrogen) atoms. The minimum Gasteiger partial charge on any atom is -0.338 e. The lowest BCUT2D eigenvalue weighted by atomic mass is 9.88. The summed E-state index contributed by atoms with van der Waals surface area (Å²) in [7, 11) is 0. The SMILES string of the molecule is Cc1c[nH]c(=O)c(C(C)n2cc(NC(=O)C(NC(=O)c3nonc3C)C(C3CC3)C3CC3)cn2)c1. The molecule has 3 heterocycles. The van der Waals surface area contributed by atoms with Crippen molar-refractivity contribution in [3.63, 3.8) is 0 Å². The maximum Gasteiger partial charge on any atom is 0.276 e. The Morgan fingerprint density at radius 1 is 1.17 bits per heavy atom. The zero-order valence-electron chi connectivity index (χ0n) is 19.9. The molecule has 0 aliphatic heterocycles. The lowest BCUT2D eigenvalue weighted by Crippen LogP contribution is -2.50. The summed E-state index contributed by atoms with van der Waals surface area (Å²) in [6.07, 6.45) is 9.15. The summed E-state index contributed by atoms with van der Waals surface area (Å²) in [5.74, 6) is 0.144. The van der Waals surface area contributed by atoms with Crippen LogP contribution < -0.4 is 16.2 Å². The Morgan fingerprint density at radius 2 is 1.89 bits per heavy atom. The topological polar surface area (TPSA) is 148 Å². The number of pyridine rings is 1. The van der Waals surface area contributed by atoms with E-state index >= 15 is 0 Å². The number of hydrogen-bond donors (Lipinski definition) is 3. The van der Waals surface area contributed by atoms with Gasteiger partial charge in [0.2, 0.25) is 5.91 Å². The molecule has 0 radical (unpaired) electrons. The Kier molecular flexibility index (Phi) is 6.00. The van der Waals surface area contributed by atoms with Crippen LogP contribution in [-0.2, 0) is 4.79 Å². The molecule has 11 nitrogen and oxygen atoms in total. The van der Waals surface area contributed by atoms with E-state index in [9.17, 15) is 14.4 Å². The molecule has 2 amide bonds. The van der Waals surface area contributed by atoms with E-state index in [4.69, 9.17) is 0 Å². The summed E-state index contributed by atoms with van der Waals surface area (Å²) < 4.78 is 6.30. The van der Waals surface area contributed by atoms with Crippen molar-refractivity contribution < 1.29 is 14.2 Å². The number of H-pyrrole nitrogens is 1. The number of carbonyl (C=O) groups is 2. The second-order valence-electron chi connectivity index (χ2n) is 9.74. The van der Waals surface area contributed by atoms with E-state index in [1.165, 1.54) is 0 Å². The molecule has 5 rings (SSSR count). The lowest BCUT2D eigenvalue weighted by Gasteiger charge is -2.27. The minimum absolute atomic E-state index is 0.0685. The van der Waals surface area contributed by atoms with Crippen LogP contribution in [0, 0.1) is 31.6 Å². The third kappa shape index (κ3) is 4.89. The second kappa shape index (κ2) is 9.12. The van der Waals surface area contributed by atoms with Gasteiger partial charge in [0, 0.05) is 18.0 Å². The van der Waals surface area contributed by atoms with E-state index in [2.05, 4.69) is 35.7 Å². The molecule has 0 bridgehead atoms. The number of aromatic amines is 1. The molecule has 0 spiro atoms. The van der Waals surface area contributed by atoms with Gasteiger partial charge in [-0.15, -0.1) is 0 Å². The Bertz CT molecular complexity index is 1290. The highest BCUT2D eigenvalue weighted by atomic mass is 16.6. The van der Waals surface area contributed by atoms with Gasteiger partial charge in [0.15, 0.2) is 5.69 Å². The molecule has 0 saturated heterocycles. The summed E-state index contributed by atoms with van der Waals surface area (Å²) in [6, 6.07) is 0.790. The van der Waals surface area contributed by atoms with Gasteiger partial charge in [-0.05, 0) is 81.0 Å². The maximum atomic E-state index is 13.5. The van der Waals surface area contributed by atoms with Gasteiger partial charge in [0.05, 0.1) is 17.9 Å². The zero-order chi connectivity index (χ0) is 24.7. The van der Waals surface area contributed by atoms with Crippen molar-refractivity contribution in [3.8, 4) is 0 Å². The van der Waals surface area contributed by atoms with Gasteiger partial charge in [0.1, 0.15) is 11.7 Å². The summed E-state index contributed by atoms with van der Waals surface area (Å²) in [6.45, 7) is 5.41. The fourth-order valence-electron chi connectivity index (χ4n) is 4.78. The molecule has 3 N–H and O–H groups in total. The van der Waals surface area contributed by atoms with Crippen molar-refractivity contribution in [1.82, 2.24) is 30.4 Å². The quantitative estimate of drug-likeness (QED) is 0.427. The van der Waals surface area contributed by atoms with Gasteiger partial charge < -0.3 is 15.6 Å². The number of anilines is 1. The van der Waals surface area contributed by atoms with Crippen LogP contribution in [0.3, 0.4) is 0 Å². The maximum absolute atomic E-state index is 13.5. The predicted molar refractivity (Wildman–Crippen MR) is 126 cm³/mol. The van der Waals surface area contributed by atoms with Crippen molar-refractivity contribution in [1.29, 1.82) is 0 Å². The van der Waals surface area contributed by atoms with E-state index in [0.717, 1.165) is 31.2 Å². The number of carbonyl (C=O) groups excluding carboxylic acids is 2. The summed E-state index contributed by atoms with van der Waals surface area (Å²) in [4.78, 5) is 41.4. The van der Waals surface area contributed by atoms with E-state index in [1.807, 2.05) is 19.9 Å². The third-order valence-corrected chi connectivity index (χ3v) is 6.95. The molecule has 2 aliphatic rings. The molecule has 2 fully saturated rings. The molecule has 11 heteroatoms. The van der Waals surface area contributed by atoms with E-state index < -0.39 is 11.9 Å². The van der Waals surface area contributed by atoms with Crippen molar-refractivity contribution in [2.75, 3.05) is 5.32 Å². The third-order valence-electron chi connectivity index (χ3n) is 6.95. The van der Waals surface area contributed by atoms with E-state index in [-0.39, 0.29) is 29.1 Å². The van der Waals surface area contributed by atoms with Crippen LogP contribution in [0.2, 0.25) is 0 Å². The van der Waals surface area contributed by atoms with Crippen LogP contribution in [0.5, 0.6) is 0 Å². The zero-order valence-corrected chi connectivity index (χ0v) is 19.9. The van der Waals surface area contributed by atoms with Crippen LogP contribution in [-0.4, -0.2) is 42.9 Å². The van der Waals surface area contributed by atoms with Gasteiger partial charge in [-0.25, -0.2) is 4.63 Å². The smallest absolute Gasteiger partial charge is 0.276 e. The molecule has 3 aromatic rings. The predicted octanol–water partition coefficient (Wildman–Crippen LogP) is 2.35. The molecular weight excluding hydrogens is 450 g/mol. The molecule has 2 atom stereocenters. The molecule has 2 saturated carbocycles. The molecule has 3 aromatic heterocycles. The minimum atomic E-state index is -0.709. The van der Waals surface area contributed by atoms with Gasteiger partial charge >= 0.3 is 0 Å². The van der Waals surface area contributed by atoms with E-state index in [0.29, 0.717) is 28.8 Å². The van der Waals surface area contributed by atoms with Crippen LogP contribution in [0.1, 0.15) is 66.0 Å². The Morgan fingerprint density at radius 3 is 2.51 bits per heavy atom. The van der Waals surface area contributed by atoms with Crippen LogP contribution in [0.15, 0.2) is 34.1 Å². The average Bonchev–Trinajstić information content (AvgIpc) is 3.76. The first-order valence-corrected chi connectivity index (χ1v) is 12.0. The van der Waals surface area contributed by atoms with Crippen molar-refractivity contribution in [2.45, 2.75) is 58.5 Å². The molecule has 0 aromatic carbocycles. The summed E-state index contributed by atoms with van der Waals surface area (Å²) in [5.41, 5.74) is 2.29. The first-order valence-electron chi connectivity index (χ1n) is 12.0. The first kappa shape index (κ1) is 23.0. The molecular formula is C24H29N7O4. The van der Waals surface area contributed by atoms with Gasteiger partial charge in [-0.3, -0.25) is 19.1 Å². The number of aromatic nitrogens is 5. The highest BCUT2D eigenvalue weighted by Gasteiger charge is 2.48. The largest absolute Gasteiger partial charge is 0.338 e. The van der Waals surface area contributed by atoms with Gasteiger partial charge in [-0.1, -0.05) is 5.16 Å². The van der Waals surface area contributed by atoms with Crippen molar-refractivity contribution in [2.24, 2.45) is 17.8 Å². The number of nitrogens with zero attached hydrogens (tertiary/aromatic N) is 4. The summed E-state index contributed by atoms with van der Waals surface area (Å²) >= 11 is 0. The fourth-order valence-corrected chi connectivity index (χ4v) is 4.78. The highest BCUT2D eigenvalue weighted by molar-refractivity contribution is 6.00. The van der Waals surface area contributed by atoms with Gasteiger partial charge in [0.25, 0.3) is 11.5 Å². The molecule has 2 unspecified atom stereocenters. The Balaban J connectivity index is 1.35. The Labute approximate surface area is 201 Å². The molecule has 184 valence electrons. The highest BCUT2D eigenvalue weighted by Crippen LogP contribution is 2.50. The second-order valence-corrected chi connectivity index (χ2v) is 9.74. The summed E-state index contributed by atoms with van der Waals surface area (Å²) in [5, 5.41) is 17.5. The number of aryl methyl sites for hydroxylation is 2. The standard InChI is InChI=1S/C24H29N7O4/c1-12-8-18(22(32)25-9-12)14(3)31-11-17(10-26-31)27-24(34)21(19(15-4-5-15)16-6-7-16)28-23(33)20-13(2)29-35-30-20/h8-11,14-16,19,21H,4-7H2,1-3H3,(H,25,32)(H,27,34)(H,28,33). The average molecular weight is 480 g/mol. The Hall–Kier alpha value is -3.76. The monoisotopic (exact) mass is 479 g/mol. The van der Waals surface area contributed by atoms with Crippen LogP contribution >= 0.6 is 0 Å². The van der Waals surface area contributed by atoms with E-state index in [1.54, 1.807) is 30.2 Å². The number of nitrogens with one attached hydrogen (secondary N) is 3. The fraction of sp³-hybridized carbons (Fsp3) is 0.500. The lowest BCUT2D eigenvalue weighted by molar-refractivity contribution is -0.119. The van der Waals surface area contributed by atoms with Crippen LogP contribution in [0.25, 0.3) is 0 Å². The van der Waals surface area contributed by atoms with Crippen molar-refractivity contribution >= 4 is 17.5 Å². The molecule has 2 aliphatic carbocycles. The number of amides is 2. The van der Waals surface area contributed by atoms with Gasteiger partial charge in [-0.2, -0.15) is 5.10 Å². The van der Waals surface area contributed by atoms with Crippen LogP contribution in [0.4, 0.5) is 5.69 Å². The normalized spacial score (nSPS) is 17.3. The first-order chi connectivity index (χ1) is 16.8.